The van der Waals surface area contributed by atoms with Crippen molar-refractivity contribution >= 4 is 16.9 Å². The number of carbonyl (C=O) groups excluding carboxylic acids is 1. The second-order valence-corrected chi connectivity index (χ2v) is 4.79. The van der Waals surface area contributed by atoms with E-state index in [1.807, 2.05) is 35.0 Å². The number of fused-ring (bicyclic) bond motifs is 1. The Morgan fingerprint density at radius 2 is 2.09 bits per heavy atom. The minimum atomic E-state index is -0.313. The maximum absolute atomic E-state index is 11.8. The van der Waals surface area contributed by atoms with Gasteiger partial charge in [0.25, 0.3) is 5.91 Å². The van der Waals surface area contributed by atoms with Gasteiger partial charge in [0.2, 0.25) is 0 Å². The molecule has 0 saturated carbocycles. The van der Waals surface area contributed by atoms with Gasteiger partial charge in [0.1, 0.15) is 0 Å². The summed E-state index contributed by atoms with van der Waals surface area (Å²) in [6, 6.07) is 11.8. The van der Waals surface area contributed by atoms with Crippen LogP contribution in [0.15, 0.2) is 48.8 Å². The van der Waals surface area contributed by atoms with Gasteiger partial charge < -0.3 is 0 Å². The first kappa shape index (κ1) is 14.2. The zero-order valence-corrected chi connectivity index (χ0v) is 12.2. The average Bonchev–Trinajstić information content (AvgIpc) is 2.96. The topological polar surface area (TPSA) is 69.0 Å². The minimum absolute atomic E-state index is 0.313. The number of hydrogen-bond donors (Lipinski definition) is 1. The van der Waals surface area contributed by atoms with Crippen molar-refractivity contribution in [3.05, 3.63) is 59.9 Å². The van der Waals surface area contributed by atoms with Gasteiger partial charge >= 0.3 is 0 Å². The largest absolute Gasteiger partial charge is 0.276 e. The number of nitrogens with zero attached hydrogens (tertiary/aromatic N) is 3. The van der Waals surface area contributed by atoms with E-state index < -0.39 is 0 Å². The number of hydrogen-bond acceptors (Lipinski definition) is 4. The van der Waals surface area contributed by atoms with Crippen molar-refractivity contribution in [3.63, 3.8) is 0 Å². The molecule has 0 bridgehead atoms. The number of carbonyl (C=O) groups is 1. The number of hydroxylamine groups is 1. The molecule has 6 heteroatoms. The Bertz CT molecular complexity index is 783. The van der Waals surface area contributed by atoms with Crippen LogP contribution in [0.3, 0.4) is 0 Å². The molecule has 6 nitrogen and oxygen atoms in total. The molecular formula is C16H16N4O2. The lowest BCUT2D eigenvalue weighted by molar-refractivity contribution is 0.0364. The highest BCUT2D eigenvalue weighted by molar-refractivity contribution is 5.96. The summed E-state index contributed by atoms with van der Waals surface area (Å²) in [6.07, 6.45) is 3.24. The first-order valence-electron chi connectivity index (χ1n) is 7.05. The molecule has 0 aliphatic carbocycles. The Kier molecular flexibility index (Phi) is 4.11. The molecule has 1 N–H and O–H groups in total. The van der Waals surface area contributed by atoms with Crippen LogP contribution in [0.1, 0.15) is 22.8 Å². The van der Waals surface area contributed by atoms with Crippen molar-refractivity contribution < 1.29 is 9.63 Å². The summed E-state index contributed by atoms with van der Waals surface area (Å²) < 4.78 is 1.81. The molecule has 3 aromatic rings. The molecule has 1 aromatic carbocycles. The van der Waals surface area contributed by atoms with E-state index in [2.05, 4.69) is 15.6 Å². The summed E-state index contributed by atoms with van der Waals surface area (Å²) in [7, 11) is 0. The molecule has 112 valence electrons. The normalized spacial score (nSPS) is 10.8. The molecule has 0 unspecified atom stereocenters. The second kappa shape index (κ2) is 6.36. The molecular weight excluding hydrogens is 280 g/mol. The van der Waals surface area contributed by atoms with Gasteiger partial charge in [-0.15, -0.1) is 0 Å². The van der Waals surface area contributed by atoms with Crippen LogP contribution in [0, 0.1) is 0 Å². The number of pyridine rings is 1. The fourth-order valence-corrected chi connectivity index (χ4v) is 2.16. The third-order valence-electron chi connectivity index (χ3n) is 3.22. The lowest BCUT2D eigenvalue weighted by Gasteiger charge is -2.05. The summed E-state index contributed by atoms with van der Waals surface area (Å²) in [5, 5.41) is 5.16. The molecule has 2 heterocycles. The van der Waals surface area contributed by atoms with E-state index in [-0.39, 0.29) is 5.91 Å². The first-order valence-corrected chi connectivity index (χ1v) is 7.05. The third kappa shape index (κ3) is 2.96. The maximum Gasteiger partial charge on any atom is 0.276 e. The monoisotopic (exact) mass is 296 g/mol. The molecule has 3 rings (SSSR count). The van der Waals surface area contributed by atoms with Crippen molar-refractivity contribution in [3.8, 4) is 0 Å². The summed E-state index contributed by atoms with van der Waals surface area (Å²) in [6.45, 7) is 2.85. The van der Waals surface area contributed by atoms with Gasteiger partial charge in [-0.1, -0.05) is 30.3 Å². The van der Waals surface area contributed by atoms with Gasteiger partial charge in [0.05, 0.1) is 24.9 Å². The molecule has 0 aliphatic heterocycles. The molecule has 0 radical (unpaired) electrons. The summed E-state index contributed by atoms with van der Waals surface area (Å²) in [5.74, 6) is -0.313. The second-order valence-electron chi connectivity index (χ2n) is 4.79. The van der Waals surface area contributed by atoms with E-state index >= 15 is 0 Å². The Hall–Kier alpha value is -2.73. The summed E-state index contributed by atoms with van der Waals surface area (Å²) >= 11 is 0. The highest BCUT2D eigenvalue weighted by Gasteiger charge is 2.10. The number of aromatic nitrogens is 3. The summed E-state index contributed by atoms with van der Waals surface area (Å²) in [5.41, 5.74) is 4.69. The number of nitrogens with one attached hydrogen (secondary N) is 1. The molecule has 22 heavy (non-hydrogen) atoms. The minimum Gasteiger partial charge on any atom is -0.274 e. The van der Waals surface area contributed by atoms with Crippen LogP contribution < -0.4 is 5.48 Å². The zero-order valence-electron chi connectivity index (χ0n) is 12.2. The van der Waals surface area contributed by atoms with E-state index in [9.17, 15) is 4.79 Å². The average molecular weight is 296 g/mol. The van der Waals surface area contributed by atoms with Crippen LogP contribution in [0.2, 0.25) is 0 Å². The van der Waals surface area contributed by atoms with Crippen molar-refractivity contribution in [2.24, 2.45) is 0 Å². The van der Waals surface area contributed by atoms with E-state index in [1.54, 1.807) is 19.2 Å². The smallest absolute Gasteiger partial charge is 0.274 e. The molecule has 0 atom stereocenters. The van der Waals surface area contributed by atoms with Crippen LogP contribution in [-0.2, 0) is 11.4 Å². The van der Waals surface area contributed by atoms with Gasteiger partial charge in [0.15, 0.2) is 5.65 Å². The number of amides is 1. The highest BCUT2D eigenvalue weighted by atomic mass is 16.6. The quantitative estimate of drug-likeness (QED) is 0.733. The van der Waals surface area contributed by atoms with Crippen LogP contribution in [0.5, 0.6) is 0 Å². The first-order chi connectivity index (χ1) is 10.8. The lowest BCUT2D eigenvalue weighted by Crippen LogP contribution is -2.23. The number of benzene rings is 1. The molecule has 2 aromatic heterocycles. The SMILES string of the molecule is CCONC(=O)c1cnc2c(cnn2Cc2ccccc2)c1. The predicted molar refractivity (Wildman–Crippen MR) is 82.2 cm³/mol. The van der Waals surface area contributed by atoms with Gasteiger partial charge in [-0.3, -0.25) is 9.63 Å². The summed E-state index contributed by atoms with van der Waals surface area (Å²) in [4.78, 5) is 21.1. The van der Waals surface area contributed by atoms with Gasteiger partial charge in [-0.25, -0.2) is 15.1 Å². The Labute approximate surface area is 127 Å². The van der Waals surface area contributed by atoms with Crippen molar-refractivity contribution in [2.75, 3.05) is 6.61 Å². The molecule has 0 fully saturated rings. The molecule has 0 saturated heterocycles. The Morgan fingerprint density at radius 1 is 1.27 bits per heavy atom. The van der Waals surface area contributed by atoms with Crippen molar-refractivity contribution in [2.45, 2.75) is 13.5 Å². The van der Waals surface area contributed by atoms with E-state index in [0.29, 0.717) is 18.7 Å². The highest BCUT2D eigenvalue weighted by Crippen LogP contribution is 2.14. The predicted octanol–water partition coefficient (Wildman–Crippen LogP) is 2.16. The van der Waals surface area contributed by atoms with Gasteiger partial charge in [-0.2, -0.15) is 5.10 Å². The van der Waals surface area contributed by atoms with E-state index in [0.717, 1.165) is 16.6 Å². The molecule has 0 spiro atoms. The van der Waals surface area contributed by atoms with Crippen molar-refractivity contribution in [1.29, 1.82) is 0 Å². The van der Waals surface area contributed by atoms with Crippen LogP contribution in [0.4, 0.5) is 0 Å². The molecule has 1 amide bonds. The fourth-order valence-electron chi connectivity index (χ4n) is 2.16. The Balaban J connectivity index is 1.85. The van der Waals surface area contributed by atoms with E-state index in [1.165, 1.54) is 6.20 Å². The zero-order chi connectivity index (χ0) is 15.4. The standard InChI is InChI=1S/C16H16N4O2/c1-2-22-19-16(21)14-8-13-10-18-20(15(13)17-9-14)11-12-6-4-3-5-7-12/h3-10H,2,11H2,1H3,(H,19,21). The van der Waals surface area contributed by atoms with Gasteiger partial charge in [-0.05, 0) is 18.6 Å². The van der Waals surface area contributed by atoms with E-state index in [4.69, 9.17) is 4.84 Å². The lowest BCUT2D eigenvalue weighted by atomic mass is 10.2. The third-order valence-corrected chi connectivity index (χ3v) is 3.22. The maximum atomic E-state index is 11.8. The van der Waals surface area contributed by atoms with Crippen LogP contribution >= 0.6 is 0 Å². The molecule has 0 aliphatic rings. The Morgan fingerprint density at radius 3 is 2.86 bits per heavy atom. The van der Waals surface area contributed by atoms with Crippen LogP contribution in [0.25, 0.3) is 11.0 Å². The van der Waals surface area contributed by atoms with Crippen LogP contribution in [-0.4, -0.2) is 27.3 Å². The number of rotatable bonds is 5. The van der Waals surface area contributed by atoms with Crippen molar-refractivity contribution in [1.82, 2.24) is 20.2 Å². The van der Waals surface area contributed by atoms with Gasteiger partial charge in [0, 0.05) is 11.6 Å². The fraction of sp³-hybridized carbons (Fsp3) is 0.188.